The van der Waals surface area contributed by atoms with Gasteiger partial charge in [-0.2, -0.15) is 5.10 Å². The van der Waals surface area contributed by atoms with E-state index in [1.165, 1.54) is 42.1 Å². The van der Waals surface area contributed by atoms with E-state index in [1.807, 2.05) is 12.1 Å². The van der Waals surface area contributed by atoms with E-state index in [4.69, 9.17) is 21.1 Å². The van der Waals surface area contributed by atoms with Crippen LogP contribution in [0, 0.1) is 5.41 Å². The van der Waals surface area contributed by atoms with E-state index in [2.05, 4.69) is 5.10 Å². The zero-order valence-electron chi connectivity index (χ0n) is 15.6. The molecule has 0 bridgehead atoms. The molecule has 1 heterocycles. The van der Waals surface area contributed by atoms with Crippen LogP contribution >= 0.6 is 0 Å². The number of hydrogen-bond acceptors (Lipinski definition) is 5. The Kier molecular flexibility index (Phi) is 6.68. The van der Waals surface area contributed by atoms with Crippen LogP contribution in [0.15, 0.2) is 60.3 Å². The summed E-state index contributed by atoms with van der Waals surface area (Å²) < 4.78 is 1.38. The fourth-order valence-electron chi connectivity index (χ4n) is 2.63. The molecule has 0 saturated heterocycles. The molecule has 1 aliphatic carbocycles. The average Bonchev–Trinajstić information content (AvgIpc) is 3.19. The Morgan fingerprint density at radius 3 is 2.28 bits per heavy atom. The minimum Gasteiger partial charge on any atom is -0.481 e. The second kappa shape index (κ2) is 8.98. The molecule has 0 spiro atoms. The van der Waals surface area contributed by atoms with E-state index < -0.39 is 23.3 Å². The van der Waals surface area contributed by atoms with Gasteiger partial charge in [-0.05, 0) is 37.1 Å². The third-order valence-electron chi connectivity index (χ3n) is 4.36. The maximum Gasteiger partial charge on any atom is 0.354 e. The lowest BCUT2D eigenvalue weighted by Gasteiger charge is -2.23. The van der Waals surface area contributed by atoms with Crippen LogP contribution in [0.1, 0.15) is 29.4 Å². The first kappa shape index (κ1) is 21.6. The van der Waals surface area contributed by atoms with Crippen LogP contribution in [-0.2, 0) is 16.1 Å². The van der Waals surface area contributed by atoms with Gasteiger partial charge < -0.3 is 21.1 Å². The summed E-state index contributed by atoms with van der Waals surface area (Å²) in [5.41, 5.74) is 6.37. The van der Waals surface area contributed by atoms with Gasteiger partial charge in [0.1, 0.15) is 0 Å². The van der Waals surface area contributed by atoms with E-state index in [-0.39, 0.29) is 17.7 Å². The summed E-state index contributed by atoms with van der Waals surface area (Å²) in [7, 11) is 0. The normalized spacial score (nSPS) is 17.7. The molecule has 1 atom stereocenters. The van der Waals surface area contributed by atoms with E-state index in [1.54, 1.807) is 12.1 Å². The monoisotopic (exact) mass is 399 g/mol. The summed E-state index contributed by atoms with van der Waals surface area (Å²) >= 11 is 0. The molecule has 2 aromatic rings. The lowest BCUT2D eigenvalue weighted by atomic mass is 9.80. The molecule has 1 aromatic heterocycles. The number of aromatic nitrogens is 2. The van der Waals surface area contributed by atoms with Gasteiger partial charge in [0.05, 0.1) is 17.3 Å². The third-order valence-corrected chi connectivity index (χ3v) is 4.36. The molecule has 3 rings (SSSR count). The summed E-state index contributed by atoms with van der Waals surface area (Å²) in [6.45, 7) is 1.97. The third kappa shape index (κ3) is 5.17. The molecule has 0 aliphatic heterocycles. The van der Waals surface area contributed by atoms with Crippen LogP contribution in [0.3, 0.4) is 0 Å². The van der Waals surface area contributed by atoms with Crippen molar-refractivity contribution in [1.29, 1.82) is 0 Å². The Morgan fingerprint density at radius 2 is 1.76 bits per heavy atom. The molecule has 1 unspecified atom stereocenters. The van der Waals surface area contributed by atoms with Crippen molar-refractivity contribution in [3.8, 4) is 5.69 Å². The molecule has 0 fully saturated rings. The fraction of sp³-hybridized carbons (Fsp3) is 0.200. The van der Waals surface area contributed by atoms with Crippen molar-refractivity contribution in [2.24, 2.45) is 11.1 Å². The summed E-state index contributed by atoms with van der Waals surface area (Å²) in [6, 6.07) is 8.74. The molecular formula is C20H21N3O6. The Hall–Kier alpha value is -3.72. The molecule has 1 aromatic carbocycles. The maximum absolute atomic E-state index is 10.9. The van der Waals surface area contributed by atoms with Crippen molar-refractivity contribution in [3.63, 3.8) is 0 Å². The zero-order chi connectivity index (χ0) is 21.6. The number of nitrogens with zero attached hydrogens (tertiary/aromatic N) is 2. The second-order valence-electron chi connectivity index (χ2n) is 6.56. The number of benzene rings is 1. The number of carboxylic acids is 3. The minimum atomic E-state index is -1.08. The zero-order valence-corrected chi connectivity index (χ0v) is 15.6. The van der Waals surface area contributed by atoms with Crippen molar-refractivity contribution in [1.82, 2.24) is 9.78 Å². The van der Waals surface area contributed by atoms with E-state index in [0.29, 0.717) is 12.2 Å². The molecule has 152 valence electrons. The summed E-state index contributed by atoms with van der Waals surface area (Å²) in [5, 5.41) is 30.4. The SMILES string of the molecule is CC1(C(=O)O)C=CC=C(C(=O)O)C1.NCc1ccc(-n2nccc2C(=O)O)cc1. The van der Waals surface area contributed by atoms with Crippen LogP contribution < -0.4 is 5.73 Å². The molecular weight excluding hydrogens is 378 g/mol. The van der Waals surface area contributed by atoms with Gasteiger partial charge in [-0.3, -0.25) is 4.79 Å². The highest BCUT2D eigenvalue weighted by Crippen LogP contribution is 2.31. The number of allylic oxidation sites excluding steroid dienone is 2. The van der Waals surface area contributed by atoms with E-state index in [9.17, 15) is 14.4 Å². The van der Waals surface area contributed by atoms with E-state index >= 15 is 0 Å². The first-order valence-electron chi connectivity index (χ1n) is 8.59. The smallest absolute Gasteiger partial charge is 0.354 e. The minimum absolute atomic E-state index is 0.0359. The molecule has 0 saturated carbocycles. The lowest BCUT2D eigenvalue weighted by Crippen LogP contribution is -2.28. The largest absolute Gasteiger partial charge is 0.481 e. The van der Waals surface area contributed by atoms with Gasteiger partial charge in [0.25, 0.3) is 0 Å². The molecule has 9 heteroatoms. The quantitative estimate of drug-likeness (QED) is 0.595. The number of nitrogens with two attached hydrogens (primary N) is 1. The summed E-state index contributed by atoms with van der Waals surface area (Å²) in [6.07, 6.45) is 5.89. The van der Waals surface area contributed by atoms with Crippen molar-refractivity contribution < 1.29 is 29.7 Å². The number of aromatic carboxylic acids is 1. The van der Waals surface area contributed by atoms with Gasteiger partial charge >= 0.3 is 17.9 Å². The Bertz CT molecular complexity index is 974. The summed E-state index contributed by atoms with van der Waals surface area (Å²) in [5.74, 6) is -3.06. The van der Waals surface area contributed by atoms with Crippen LogP contribution in [0.5, 0.6) is 0 Å². The number of hydrogen-bond donors (Lipinski definition) is 4. The van der Waals surface area contributed by atoms with Gasteiger partial charge in [0.2, 0.25) is 0 Å². The van der Waals surface area contributed by atoms with Crippen molar-refractivity contribution >= 4 is 17.9 Å². The highest BCUT2D eigenvalue weighted by Gasteiger charge is 2.34. The number of aliphatic carboxylic acids is 2. The Morgan fingerprint density at radius 1 is 1.10 bits per heavy atom. The fourth-order valence-corrected chi connectivity index (χ4v) is 2.63. The lowest BCUT2D eigenvalue weighted by molar-refractivity contribution is -0.145. The van der Waals surface area contributed by atoms with Crippen molar-refractivity contribution in [3.05, 3.63) is 71.6 Å². The standard InChI is InChI=1S/C11H11N3O2.C9H10O4/c12-7-8-1-3-9(4-2-8)14-10(11(15)16)5-6-13-14;1-9(8(12)13)4-2-3-6(5-9)7(10)11/h1-6H,7,12H2,(H,15,16);2-4H,5H2,1H3,(H,10,11)(H,12,13). The number of rotatable bonds is 5. The molecule has 0 amide bonds. The van der Waals surface area contributed by atoms with Crippen LogP contribution in [-0.4, -0.2) is 43.0 Å². The first-order chi connectivity index (χ1) is 13.7. The molecule has 9 nitrogen and oxygen atoms in total. The first-order valence-corrected chi connectivity index (χ1v) is 8.59. The summed E-state index contributed by atoms with van der Waals surface area (Å²) in [4.78, 5) is 32.2. The van der Waals surface area contributed by atoms with E-state index in [0.717, 1.165) is 5.56 Å². The topological polar surface area (TPSA) is 156 Å². The van der Waals surface area contributed by atoms with Gasteiger partial charge in [0.15, 0.2) is 5.69 Å². The predicted octanol–water partition coefficient (Wildman–Crippen LogP) is 2.08. The van der Waals surface area contributed by atoms with Gasteiger partial charge in [-0.15, -0.1) is 0 Å². The van der Waals surface area contributed by atoms with Crippen LogP contribution in [0.2, 0.25) is 0 Å². The predicted molar refractivity (Wildman–Crippen MR) is 104 cm³/mol. The molecule has 5 N–H and O–H groups in total. The molecule has 1 aliphatic rings. The highest BCUT2D eigenvalue weighted by molar-refractivity contribution is 5.90. The van der Waals surface area contributed by atoms with Crippen molar-refractivity contribution in [2.45, 2.75) is 19.9 Å². The average molecular weight is 399 g/mol. The maximum atomic E-state index is 10.9. The van der Waals surface area contributed by atoms with Crippen molar-refractivity contribution in [2.75, 3.05) is 0 Å². The van der Waals surface area contributed by atoms with Crippen LogP contribution in [0.25, 0.3) is 5.69 Å². The Balaban J connectivity index is 0.000000212. The van der Waals surface area contributed by atoms with Gasteiger partial charge in [-0.25, -0.2) is 14.3 Å². The van der Waals surface area contributed by atoms with Gasteiger partial charge in [-0.1, -0.05) is 30.4 Å². The number of carboxylic acid groups (broad SMARTS) is 3. The number of carbonyl (C=O) groups is 3. The Labute approximate surface area is 166 Å². The molecule has 29 heavy (non-hydrogen) atoms. The highest BCUT2D eigenvalue weighted by atomic mass is 16.4. The second-order valence-corrected chi connectivity index (χ2v) is 6.56. The van der Waals surface area contributed by atoms with Gasteiger partial charge in [0, 0.05) is 12.1 Å². The molecule has 0 radical (unpaired) electrons. The van der Waals surface area contributed by atoms with Crippen LogP contribution in [0.4, 0.5) is 0 Å².